The minimum atomic E-state index is -0.657. The van der Waals surface area contributed by atoms with Crippen molar-refractivity contribution in [1.82, 2.24) is 20.6 Å². The standard InChI is InChI=1S/C6H9N5O3/c1-3-14-6(12)4(9-13-2)5-7-10-11-8-5/h3H2,1-2H3,(H,7,8,10,11). The molecule has 14 heavy (non-hydrogen) atoms. The van der Waals surface area contributed by atoms with E-state index in [2.05, 4.69) is 30.6 Å². The molecular formula is C6H9N5O3. The van der Waals surface area contributed by atoms with Gasteiger partial charge in [0.25, 0.3) is 0 Å². The molecular weight excluding hydrogens is 190 g/mol. The highest BCUT2D eigenvalue weighted by atomic mass is 16.6. The highest BCUT2D eigenvalue weighted by Crippen LogP contribution is 1.94. The summed E-state index contributed by atoms with van der Waals surface area (Å²) in [4.78, 5) is 15.7. The van der Waals surface area contributed by atoms with Gasteiger partial charge in [0.1, 0.15) is 7.11 Å². The third kappa shape index (κ3) is 2.25. The number of H-pyrrole nitrogens is 1. The molecule has 0 aliphatic heterocycles. The van der Waals surface area contributed by atoms with E-state index in [1.165, 1.54) is 7.11 Å². The zero-order chi connectivity index (χ0) is 10.4. The lowest BCUT2D eigenvalue weighted by molar-refractivity contribution is -0.135. The number of hydrogen-bond donors (Lipinski definition) is 1. The van der Waals surface area contributed by atoms with Crippen LogP contribution < -0.4 is 0 Å². The molecule has 1 N–H and O–H groups in total. The number of aromatic amines is 1. The summed E-state index contributed by atoms with van der Waals surface area (Å²) in [5.74, 6) is -0.624. The maximum absolute atomic E-state index is 11.3. The van der Waals surface area contributed by atoms with Crippen molar-refractivity contribution in [3.8, 4) is 0 Å². The molecule has 0 aliphatic rings. The van der Waals surface area contributed by atoms with E-state index in [9.17, 15) is 4.79 Å². The van der Waals surface area contributed by atoms with Gasteiger partial charge >= 0.3 is 5.97 Å². The third-order valence-electron chi connectivity index (χ3n) is 1.21. The van der Waals surface area contributed by atoms with E-state index in [0.717, 1.165) is 0 Å². The molecule has 1 rings (SSSR count). The minimum absolute atomic E-state index is 0.0327. The van der Waals surface area contributed by atoms with Crippen molar-refractivity contribution >= 4 is 11.7 Å². The molecule has 1 aromatic heterocycles. The number of aromatic nitrogens is 4. The van der Waals surface area contributed by atoms with Gasteiger partial charge < -0.3 is 9.57 Å². The number of rotatable bonds is 4. The number of nitrogens with one attached hydrogen (secondary N) is 1. The molecule has 0 fully saturated rings. The first kappa shape index (κ1) is 10.1. The number of hydrogen-bond acceptors (Lipinski definition) is 7. The van der Waals surface area contributed by atoms with Crippen LogP contribution >= 0.6 is 0 Å². The number of carbonyl (C=O) groups is 1. The van der Waals surface area contributed by atoms with Crippen LogP contribution in [0.25, 0.3) is 0 Å². The summed E-state index contributed by atoms with van der Waals surface area (Å²) in [6.45, 7) is 1.91. The summed E-state index contributed by atoms with van der Waals surface area (Å²) >= 11 is 0. The van der Waals surface area contributed by atoms with Crippen LogP contribution in [0.1, 0.15) is 12.7 Å². The Hall–Kier alpha value is -1.99. The topological polar surface area (TPSA) is 102 Å². The maximum Gasteiger partial charge on any atom is 0.364 e. The predicted molar refractivity (Wildman–Crippen MR) is 44.4 cm³/mol. The smallest absolute Gasteiger partial charge is 0.364 e. The lowest BCUT2D eigenvalue weighted by atomic mass is 10.4. The number of ether oxygens (including phenoxy) is 1. The summed E-state index contributed by atoms with van der Waals surface area (Å²) < 4.78 is 4.71. The summed E-state index contributed by atoms with van der Waals surface area (Å²) in [6, 6.07) is 0. The average Bonchev–Trinajstić information content (AvgIpc) is 2.67. The van der Waals surface area contributed by atoms with E-state index in [0.29, 0.717) is 0 Å². The lowest BCUT2D eigenvalue weighted by Gasteiger charge is -1.99. The van der Waals surface area contributed by atoms with Crippen LogP contribution in [-0.2, 0) is 14.4 Å². The van der Waals surface area contributed by atoms with E-state index in [1.807, 2.05) is 0 Å². The van der Waals surface area contributed by atoms with Crippen LogP contribution in [0.15, 0.2) is 5.16 Å². The van der Waals surface area contributed by atoms with Crippen molar-refractivity contribution in [2.75, 3.05) is 13.7 Å². The normalized spacial score (nSPS) is 11.1. The van der Waals surface area contributed by atoms with Gasteiger partial charge in [-0.2, -0.15) is 5.21 Å². The van der Waals surface area contributed by atoms with Gasteiger partial charge in [-0.3, -0.25) is 0 Å². The summed E-state index contributed by atoms with van der Waals surface area (Å²) in [7, 11) is 1.30. The van der Waals surface area contributed by atoms with Gasteiger partial charge in [0, 0.05) is 0 Å². The first-order valence-corrected chi connectivity index (χ1v) is 3.81. The highest BCUT2D eigenvalue weighted by Gasteiger charge is 2.20. The fourth-order valence-corrected chi connectivity index (χ4v) is 0.722. The Morgan fingerprint density at radius 3 is 2.93 bits per heavy atom. The summed E-state index contributed by atoms with van der Waals surface area (Å²) in [5, 5.41) is 16.1. The van der Waals surface area contributed by atoms with Crippen molar-refractivity contribution in [2.45, 2.75) is 6.92 Å². The van der Waals surface area contributed by atoms with Crippen molar-refractivity contribution in [3.05, 3.63) is 5.82 Å². The van der Waals surface area contributed by atoms with Gasteiger partial charge in [0.15, 0.2) is 0 Å². The second kappa shape index (κ2) is 4.90. The maximum atomic E-state index is 11.3. The van der Waals surface area contributed by atoms with Gasteiger partial charge in [-0.05, 0) is 12.1 Å². The highest BCUT2D eigenvalue weighted by molar-refractivity contribution is 6.41. The second-order valence-corrected chi connectivity index (χ2v) is 2.08. The number of tetrazole rings is 1. The number of nitrogens with zero attached hydrogens (tertiary/aromatic N) is 4. The Morgan fingerprint density at radius 2 is 2.43 bits per heavy atom. The van der Waals surface area contributed by atoms with Crippen molar-refractivity contribution < 1.29 is 14.4 Å². The molecule has 0 saturated carbocycles. The number of oxime groups is 1. The van der Waals surface area contributed by atoms with Gasteiger partial charge in [0.05, 0.1) is 6.61 Å². The fourth-order valence-electron chi connectivity index (χ4n) is 0.722. The van der Waals surface area contributed by atoms with Gasteiger partial charge in [0.2, 0.25) is 11.5 Å². The minimum Gasteiger partial charge on any atom is -0.461 e. The Kier molecular flexibility index (Phi) is 3.53. The molecule has 0 unspecified atom stereocenters. The van der Waals surface area contributed by atoms with E-state index < -0.39 is 5.97 Å². The molecule has 76 valence electrons. The molecule has 8 nitrogen and oxygen atoms in total. The SMILES string of the molecule is CCOC(=O)C(=NOC)c1nn[nH]n1. The largest absolute Gasteiger partial charge is 0.461 e. The van der Waals surface area contributed by atoms with Crippen LogP contribution in [0, 0.1) is 0 Å². The van der Waals surface area contributed by atoms with E-state index in [1.54, 1.807) is 6.92 Å². The quantitative estimate of drug-likeness (QED) is 0.383. The van der Waals surface area contributed by atoms with Crippen molar-refractivity contribution in [2.24, 2.45) is 5.16 Å². The molecule has 1 heterocycles. The zero-order valence-electron chi connectivity index (χ0n) is 7.72. The molecule has 1 aromatic rings. The monoisotopic (exact) mass is 199 g/mol. The predicted octanol–water partition coefficient (Wildman–Crippen LogP) is -0.887. The zero-order valence-corrected chi connectivity index (χ0v) is 7.72. The Bertz CT molecular complexity index is 320. The molecule has 0 bridgehead atoms. The van der Waals surface area contributed by atoms with Gasteiger partial charge in [-0.15, -0.1) is 10.2 Å². The first-order chi connectivity index (χ1) is 6.79. The molecule has 0 amide bonds. The average molecular weight is 199 g/mol. The molecule has 0 saturated heterocycles. The molecule has 8 heteroatoms. The fraction of sp³-hybridized carbons (Fsp3) is 0.500. The van der Waals surface area contributed by atoms with Crippen LogP contribution in [0.5, 0.6) is 0 Å². The van der Waals surface area contributed by atoms with Gasteiger partial charge in [-0.1, -0.05) is 5.16 Å². The second-order valence-electron chi connectivity index (χ2n) is 2.08. The van der Waals surface area contributed by atoms with Gasteiger partial charge in [-0.25, -0.2) is 4.79 Å². The number of carbonyl (C=O) groups excluding carboxylic acids is 1. The van der Waals surface area contributed by atoms with Crippen molar-refractivity contribution in [3.63, 3.8) is 0 Å². The van der Waals surface area contributed by atoms with Crippen LogP contribution in [0.3, 0.4) is 0 Å². The number of esters is 1. The first-order valence-electron chi connectivity index (χ1n) is 3.81. The molecule has 0 radical (unpaired) electrons. The van der Waals surface area contributed by atoms with Crippen LogP contribution in [-0.4, -0.2) is 46.0 Å². The van der Waals surface area contributed by atoms with E-state index in [-0.39, 0.29) is 18.1 Å². The molecule has 0 atom stereocenters. The summed E-state index contributed by atoms with van der Waals surface area (Å²) in [5.41, 5.74) is -0.122. The lowest BCUT2D eigenvalue weighted by Crippen LogP contribution is -2.20. The Morgan fingerprint density at radius 1 is 1.64 bits per heavy atom. The molecule has 0 aromatic carbocycles. The summed E-state index contributed by atoms with van der Waals surface area (Å²) in [6.07, 6.45) is 0. The Balaban J connectivity index is 2.86. The van der Waals surface area contributed by atoms with Crippen molar-refractivity contribution in [1.29, 1.82) is 0 Å². The van der Waals surface area contributed by atoms with Crippen LogP contribution in [0.2, 0.25) is 0 Å². The van der Waals surface area contributed by atoms with Crippen LogP contribution in [0.4, 0.5) is 0 Å². The molecule has 0 spiro atoms. The Labute approximate surface area is 79.3 Å². The van der Waals surface area contributed by atoms with E-state index >= 15 is 0 Å². The van der Waals surface area contributed by atoms with E-state index in [4.69, 9.17) is 4.74 Å². The third-order valence-corrected chi connectivity index (χ3v) is 1.21. The molecule has 0 aliphatic carbocycles.